The zero-order valence-electron chi connectivity index (χ0n) is 10.9. The minimum Gasteiger partial charge on any atom is -0.330 e. The lowest BCUT2D eigenvalue weighted by Gasteiger charge is -2.18. The average Bonchev–Trinajstić information content (AvgIpc) is 2.47. The van der Waals surface area contributed by atoms with Crippen molar-refractivity contribution in [3.63, 3.8) is 0 Å². The number of hydrogen-bond donors (Lipinski definition) is 1. The second-order valence-corrected chi connectivity index (χ2v) is 4.27. The maximum absolute atomic E-state index is 12.5. The zero-order chi connectivity index (χ0) is 13.7. The Morgan fingerprint density at radius 2 is 1.89 bits per heavy atom. The molecule has 0 saturated carbocycles. The summed E-state index contributed by atoms with van der Waals surface area (Å²) in [4.78, 5) is 18.1. The largest absolute Gasteiger partial charge is 0.330 e. The highest BCUT2D eigenvalue weighted by Gasteiger charge is 2.16. The van der Waals surface area contributed by atoms with Gasteiger partial charge in [0, 0.05) is 30.7 Å². The number of aromatic nitrogens is 1. The van der Waals surface area contributed by atoms with Crippen LogP contribution in [0.4, 0.5) is 5.69 Å². The van der Waals surface area contributed by atoms with Crippen molar-refractivity contribution in [3.8, 4) is 0 Å². The number of carbonyl (C=O) groups is 1. The van der Waals surface area contributed by atoms with Crippen LogP contribution in [0.1, 0.15) is 15.9 Å². The molecule has 98 valence electrons. The van der Waals surface area contributed by atoms with Gasteiger partial charge in [0.1, 0.15) is 0 Å². The van der Waals surface area contributed by atoms with Crippen LogP contribution in [0.2, 0.25) is 0 Å². The molecule has 0 atom stereocenters. The molecule has 0 bridgehead atoms. The van der Waals surface area contributed by atoms with Gasteiger partial charge in [-0.05, 0) is 36.7 Å². The number of carbonyl (C=O) groups excluding carboxylic acids is 1. The van der Waals surface area contributed by atoms with Crippen molar-refractivity contribution in [1.29, 1.82) is 0 Å². The number of amides is 1. The molecule has 2 N–H and O–H groups in total. The standard InChI is InChI=1S/C15H17N3O/c1-18(13-7-10-17-11-8-13)15(19)14-5-3-2-4-12(14)6-9-16/h2-5,7-8,10-11H,6,9,16H2,1H3. The Labute approximate surface area is 112 Å². The summed E-state index contributed by atoms with van der Waals surface area (Å²) >= 11 is 0. The third-order valence-electron chi connectivity index (χ3n) is 3.02. The van der Waals surface area contributed by atoms with Crippen LogP contribution in [0.15, 0.2) is 48.8 Å². The highest BCUT2D eigenvalue weighted by molar-refractivity contribution is 6.06. The van der Waals surface area contributed by atoms with E-state index in [4.69, 9.17) is 5.73 Å². The summed E-state index contributed by atoms with van der Waals surface area (Å²) in [6.07, 6.45) is 4.04. The fourth-order valence-corrected chi connectivity index (χ4v) is 1.97. The van der Waals surface area contributed by atoms with Gasteiger partial charge in [0.2, 0.25) is 0 Å². The molecule has 0 spiro atoms. The summed E-state index contributed by atoms with van der Waals surface area (Å²) in [6.45, 7) is 0.531. The van der Waals surface area contributed by atoms with Crippen LogP contribution in [-0.2, 0) is 6.42 Å². The lowest BCUT2D eigenvalue weighted by atomic mass is 10.0. The lowest BCUT2D eigenvalue weighted by molar-refractivity contribution is 0.0992. The molecule has 0 aliphatic heterocycles. The summed E-state index contributed by atoms with van der Waals surface area (Å²) in [5.41, 5.74) is 8.09. The molecule has 4 heteroatoms. The van der Waals surface area contributed by atoms with Crippen LogP contribution in [0.3, 0.4) is 0 Å². The Balaban J connectivity index is 2.29. The van der Waals surface area contributed by atoms with Crippen LogP contribution in [0.25, 0.3) is 0 Å². The molecule has 0 radical (unpaired) electrons. The normalized spacial score (nSPS) is 10.2. The maximum Gasteiger partial charge on any atom is 0.258 e. The van der Waals surface area contributed by atoms with Gasteiger partial charge in [0.05, 0.1) is 0 Å². The summed E-state index contributed by atoms with van der Waals surface area (Å²) in [7, 11) is 1.76. The molecule has 4 nitrogen and oxygen atoms in total. The monoisotopic (exact) mass is 255 g/mol. The number of rotatable bonds is 4. The van der Waals surface area contributed by atoms with Gasteiger partial charge >= 0.3 is 0 Å². The molecule has 1 aromatic carbocycles. The number of pyridine rings is 1. The molecule has 1 aromatic heterocycles. The lowest BCUT2D eigenvalue weighted by Crippen LogP contribution is -2.27. The molecule has 19 heavy (non-hydrogen) atoms. The minimum atomic E-state index is -0.0322. The Morgan fingerprint density at radius 3 is 2.58 bits per heavy atom. The molecular formula is C15H17N3O. The summed E-state index contributed by atoms with van der Waals surface area (Å²) in [6, 6.07) is 11.2. The van der Waals surface area contributed by atoms with E-state index in [1.165, 1.54) is 0 Å². The van der Waals surface area contributed by atoms with Crippen molar-refractivity contribution in [2.75, 3.05) is 18.5 Å². The van der Waals surface area contributed by atoms with E-state index < -0.39 is 0 Å². The molecule has 1 heterocycles. The molecule has 2 aromatic rings. The highest BCUT2D eigenvalue weighted by Crippen LogP contribution is 2.17. The Kier molecular flexibility index (Phi) is 4.26. The van der Waals surface area contributed by atoms with Crippen LogP contribution >= 0.6 is 0 Å². The van der Waals surface area contributed by atoms with Crippen molar-refractivity contribution in [2.24, 2.45) is 5.73 Å². The maximum atomic E-state index is 12.5. The molecule has 1 amide bonds. The minimum absolute atomic E-state index is 0.0322. The fraction of sp³-hybridized carbons (Fsp3) is 0.200. The third-order valence-corrected chi connectivity index (χ3v) is 3.02. The van der Waals surface area contributed by atoms with E-state index in [9.17, 15) is 4.79 Å². The third kappa shape index (κ3) is 2.98. The van der Waals surface area contributed by atoms with Gasteiger partial charge in [-0.25, -0.2) is 0 Å². The first kappa shape index (κ1) is 13.2. The first-order valence-electron chi connectivity index (χ1n) is 6.20. The van der Waals surface area contributed by atoms with Crippen molar-refractivity contribution in [1.82, 2.24) is 4.98 Å². The Bertz CT molecular complexity index is 554. The second kappa shape index (κ2) is 6.11. The van der Waals surface area contributed by atoms with Gasteiger partial charge in [-0.3, -0.25) is 9.78 Å². The molecule has 0 saturated heterocycles. The van der Waals surface area contributed by atoms with E-state index in [1.54, 1.807) is 24.3 Å². The van der Waals surface area contributed by atoms with Crippen molar-refractivity contribution in [2.45, 2.75) is 6.42 Å². The van der Waals surface area contributed by atoms with Gasteiger partial charge in [0.25, 0.3) is 5.91 Å². The SMILES string of the molecule is CN(C(=O)c1ccccc1CCN)c1ccncc1. The van der Waals surface area contributed by atoms with E-state index in [-0.39, 0.29) is 5.91 Å². The van der Waals surface area contributed by atoms with E-state index in [0.717, 1.165) is 11.3 Å². The molecule has 0 aliphatic carbocycles. The van der Waals surface area contributed by atoms with Crippen molar-refractivity contribution < 1.29 is 4.79 Å². The number of benzene rings is 1. The Hall–Kier alpha value is -2.20. The quantitative estimate of drug-likeness (QED) is 0.907. The number of anilines is 1. The molecular weight excluding hydrogens is 238 g/mol. The number of nitrogens with two attached hydrogens (primary N) is 1. The van der Waals surface area contributed by atoms with Crippen molar-refractivity contribution >= 4 is 11.6 Å². The van der Waals surface area contributed by atoms with E-state index in [2.05, 4.69) is 4.98 Å². The summed E-state index contributed by atoms with van der Waals surface area (Å²) in [5.74, 6) is -0.0322. The van der Waals surface area contributed by atoms with Crippen LogP contribution < -0.4 is 10.6 Å². The first-order chi connectivity index (χ1) is 9.24. The molecule has 0 unspecified atom stereocenters. The van der Waals surface area contributed by atoms with Gasteiger partial charge in [-0.15, -0.1) is 0 Å². The Morgan fingerprint density at radius 1 is 1.21 bits per heavy atom. The topological polar surface area (TPSA) is 59.2 Å². The predicted molar refractivity (Wildman–Crippen MR) is 76.2 cm³/mol. The zero-order valence-corrected chi connectivity index (χ0v) is 10.9. The predicted octanol–water partition coefficient (Wildman–Crippen LogP) is 1.86. The van der Waals surface area contributed by atoms with Gasteiger partial charge in [0.15, 0.2) is 0 Å². The molecule has 0 fully saturated rings. The van der Waals surface area contributed by atoms with Crippen LogP contribution in [0, 0.1) is 0 Å². The van der Waals surface area contributed by atoms with E-state index in [0.29, 0.717) is 18.5 Å². The van der Waals surface area contributed by atoms with Gasteiger partial charge < -0.3 is 10.6 Å². The first-order valence-corrected chi connectivity index (χ1v) is 6.20. The summed E-state index contributed by atoms with van der Waals surface area (Å²) in [5, 5.41) is 0. The van der Waals surface area contributed by atoms with E-state index in [1.807, 2.05) is 36.4 Å². The van der Waals surface area contributed by atoms with E-state index >= 15 is 0 Å². The van der Waals surface area contributed by atoms with Crippen LogP contribution in [0.5, 0.6) is 0 Å². The molecule has 2 rings (SSSR count). The smallest absolute Gasteiger partial charge is 0.258 e. The number of hydrogen-bond acceptors (Lipinski definition) is 3. The van der Waals surface area contributed by atoms with Gasteiger partial charge in [-0.2, -0.15) is 0 Å². The fourth-order valence-electron chi connectivity index (χ4n) is 1.97. The highest BCUT2D eigenvalue weighted by atomic mass is 16.2. The average molecular weight is 255 g/mol. The summed E-state index contributed by atoms with van der Waals surface area (Å²) < 4.78 is 0. The van der Waals surface area contributed by atoms with Crippen LogP contribution in [-0.4, -0.2) is 24.5 Å². The van der Waals surface area contributed by atoms with Crippen molar-refractivity contribution in [3.05, 3.63) is 59.9 Å². The number of nitrogens with zero attached hydrogens (tertiary/aromatic N) is 2. The van der Waals surface area contributed by atoms with Gasteiger partial charge in [-0.1, -0.05) is 18.2 Å². The second-order valence-electron chi connectivity index (χ2n) is 4.27. The molecule has 0 aliphatic rings.